The monoisotopic (exact) mass is 413 g/mol. The van der Waals surface area contributed by atoms with Crippen LogP contribution < -0.4 is 10.9 Å². The van der Waals surface area contributed by atoms with Gasteiger partial charge in [-0.25, -0.2) is 4.68 Å². The van der Waals surface area contributed by atoms with E-state index in [4.69, 9.17) is 0 Å². The number of carbonyl (C=O) groups is 1. The molecule has 4 aliphatic carbocycles. The maximum Gasteiger partial charge on any atom is 0.274 e. The third kappa shape index (κ3) is 3.27. The second kappa shape index (κ2) is 7.33. The van der Waals surface area contributed by atoms with Gasteiger partial charge in [0.2, 0.25) is 0 Å². The highest BCUT2D eigenvalue weighted by atomic mass is 16.2. The summed E-state index contributed by atoms with van der Waals surface area (Å²) in [7, 11) is 0. The molecule has 1 heterocycles. The predicted molar refractivity (Wildman–Crippen MR) is 120 cm³/mol. The number of aromatic nitrogens is 2. The van der Waals surface area contributed by atoms with Gasteiger partial charge >= 0.3 is 0 Å². The van der Waals surface area contributed by atoms with E-state index in [0.717, 1.165) is 17.4 Å². The van der Waals surface area contributed by atoms with Crippen LogP contribution in [0.4, 0.5) is 0 Å². The second-order valence-corrected chi connectivity index (χ2v) is 9.77. The number of fused-ring (bicyclic) bond motifs is 1. The molecule has 0 aliphatic heterocycles. The first-order valence-corrected chi connectivity index (χ1v) is 11.5. The van der Waals surface area contributed by atoms with E-state index >= 15 is 0 Å². The van der Waals surface area contributed by atoms with Crippen molar-refractivity contribution in [2.24, 2.45) is 23.7 Å². The van der Waals surface area contributed by atoms with Gasteiger partial charge in [0, 0.05) is 11.4 Å². The minimum absolute atomic E-state index is 0.143. The first-order valence-electron chi connectivity index (χ1n) is 11.5. The fourth-order valence-corrected chi connectivity index (χ4v) is 6.65. The van der Waals surface area contributed by atoms with Crippen LogP contribution in [0.3, 0.4) is 0 Å². The topological polar surface area (TPSA) is 64.0 Å². The quantitative estimate of drug-likeness (QED) is 0.703. The average molecular weight is 414 g/mol. The molecule has 31 heavy (non-hydrogen) atoms. The van der Waals surface area contributed by atoms with Gasteiger partial charge in [-0.3, -0.25) is 9.59 Å². The highest BCUT2D eigenvalue weighted by Crippen LogP contribution is 2.53. The van der Waals surface area contributed by atoms with Crippen molar-refractivity contribution in [1.82, 2.24) is 15.1 Å². The Kier molecular flexibility index (Phi) is 4.44. The lowest BCUT2D eigenvalue weighted by atomic mass is 9.54. The van der Waals surface area contributed by atoms with Gasteiger partial charge in [0.1, 0.15) is 0 Å². The molecule has 4 bridgehead atoms. The molecule has 0 spiro atoms. The van der Waals surface area contributed by atoms with Gasteiger partial charge in [-0.2, -0.15) is 5.10 Å². The van der Waals surface area contributed by atoms with E-state index in [0.29, 0.717) is 34.8 Å². The number of hydrogen-bond donors (Lipinski definition) is 1. The molecule has 1 amide bonds. The summed E-state index contributed by atoms with van der Waals surface area (Å²) < 4.78 is 1.43. The Morgan fingerprint density at radius 1 is 0.871 bits per heavy atom. The van der Waals surface area contributed by atoms with Crippen molar-refractivity contribution in [3.05, 3.63) is 76.2 Å². The molecule has 1 aromatic heterocycles. The first kappa shape index (κ1) is 18.8. The van der Waals surface area contributed by atoms with Crippen LogP contribution in [0.15, 0.2) is 59.4 Å². The number of carbonyl (C=O) groups excluding carboxylic acids is 1. The van der Waals surface area contributed by atoms with Crippen LogP contribution in [0.25, 0.3) is 10.8 Å². The van der Waals surface area contributed by atoms with Crippen molar-refractivity contribution < 1.29 is 4.79 Å². The summed E-state index contributed by atoms with van der Waals surface area (Å²) in [5.74, 6) is 2.78. The molecule has 0 unspecified atom stereocenters. The van der Waals surface area contributed by atoms with Crippen molar-refractivity contribution >= 4 is 16.7 Å². The van der Waals surface area contributed by atoms with Crippen molar-refractivity contribution in [3.63, 3.8) is 0 Å². The third-order valence-corrected chi connectivity index (χ3v) is 7.78. The van der Waals surface area contributed by atoms with E-state index in [1.807, 2.05) is 48.5 Å². The predicted octanol–water partition coefficient (Wildman–Crippen LogP) is 4.00. The molecule has 158 valence electrons. The van der Waals surface area contributed by atoms with Gasteiger partial charge in [0.25, 0.3) is 11.5 Å². The lowest BCUT2D eigenvalue weighted by Crippen LogP contribution is -2.56. The Labute approximate surface area is 181 Å². The van der Waals surface area contributed by atoms with E-state index in [1.54, 1.807) is 6.07 Å². The van der Waals surface area contributed by atoms with E-state index in [1.165, 1.54) is 36.8 Å². The normalized spacial score (nSPS) is 28.7. The van der Waals surface area contributed by atoms with E-state index in [9.17, 15) is 9.59 Å². The maximum absolute atomic E-state index is 13.5. The van der Waals surface area contributed by atoms with Crippen LogP contribution in [-0.4, -0.2) is 21.7 Å². The summed E-state index contributed by atoms with van der Waals surface area (Å²) in [6.45, 7) is 0.350. The van der Waals surface area contributed by atoms with Crippen molar-refractivity contribution in [2.75, 3.05) is 0 Å². The zero-order chi connectivity index (χ0) is 20.9. The van der Waals surface area contributed by atoms with Crippen molar-refractivity contribution in [3.8, 4) is 0 Å². The Balaban J connectivity index is 1.36. The second-order valence-electron chi connectivity index (χ2n) is 9.77. The third-order valence-electron chi connectivity index (χ3n) is 7.78. The molecule has 5 heteroatoms. The van der Waals surface area contributed by atoms with E-state index in [-0.39, 0.29) is 17.5 Å². The molecule has 2 aromatic carbocycles. The molecule has 3 aromatic rings. The summed E-state index contributed by atoms with van der Waals surface area (Å²) >= 11 is 0. The minimum atomic E-state index is -0.161. The number of amides is 1. The van der Waals surface area contributed by atoms with E-state index < -0.39 is 0 Å². The van der Waals surface area contributed by atoms with E-state index in [2.05, 4.69) is 10.4 Å². The summed E-state index contributed by atoms with van der Waals surface area (Å²) in [5, 5.41) is 9.12. The largest absolute Gasteiger partial charge is 0.347 e. The molecule has 4 aliphatic rings. The van der Waals surface area contributed by atoms with Crippen LogP contribution >= 0.6 is 0 Å². The van der Waals surface area contributed by atoms with Crippen molar-refractivity contribution in [1.29, 1.82) is 0 Å². The summed E-state index contributed by atoms with van der Waals surface area (Å²) in [6.07, 6.45) is 6.39. The summed E-state index contributed by atoms with van der Waals surface area (Å²) in [5.41, 5.74) is 1.19. The number of nitrogens with zero attached hydrogens (tertiary/aromatic N) is 2. The van der Waals surface area contributed by atoms with Gasteiger partial charge in [-0.1, -0.05) is 48.5 Å². The average Bonchev–Trinajstić information content (AvgIpc) is 2.78. The minimum Gasteiger partial charge on any atom is -0.347 e. The molecule has 4 saturated carbocycles. The molecule has 5 nitrogen and oxygen atoms in total. The lowest BCUT2D eigenvalue weighted by Gasteiger charge is -2.54. The Bertz CT molecular complexity index is 1170. The highest BCUT2D eigenvalue weighted by molar-refractivity contribution is 6.04. The standard InChI is InChI=1S/C26H27N3O2/c30-25(27-23-19-11-17-10-18(13-19)14-20(23)12-17)24-21-8-4-5-9-22(21)26(31)29(28-24)15-16-6-2-1-3-7-16/h1-9,17-20,23H,10-15H2,(H,27,30). The number of benzene rings is 2. The SMILES string of the molecule is O=C(NC1C2CC3CC(C2)CC1C3)c1nn(Cc2ccccc2)c(=O)c2ccccc12. The molecule has 1 N–H and O–H groups in total. The first-order chi connectivity index (χ1) is 15.2. The molecular weight excluding hydrogens is 386 g/mol. The summed E-state index contributed by atoms with van der Waals surface area (Å²) in [4.78, 5) is 26.5. The van der Waals surface area contributed by atoms with Crippen LogP contribution in [0.2, 0.25) is 0 Å². The molecule has 7 rings (SSSR count). The number of rotatable bonds is 4. The van der Waals surface area contributed by atoms with Gasteiger partial charge in [-0.15, -0.1) is 0 Å². The lowest BCUT2D eigenvalue weighted by molar-refractivity contribution is -0.0120. The zero-order valence-electron chi connectivity index (χ0n) is 17.5. The number of hydrogen-bond acceptors (Lipinski definition) is 3. The summed E-state index contributed by atoms with van der Waals surface area (Å²) in [6, 6.07) is 17.4. The molecule has 4 fully saturated rings. The molecule has 0 saturated heterocycles. The Morgan fingerprint density at radius 3 is 2.16 bits per heavy atom. The maximum atomic E-state index is 13.5. The smallest absolute Gasteiger partial charge is 0.274 e. The molecule has 0 atom stereocenters. The van der Waals surface area contributed by atoms with Crippen LogP contribution in [-0.2, 0) is 6.54 Å². The molecule has 0 radical (unpaired) electrons. The van der Waals surface area contributed by atoms with Crippen molar-refractivity contribution in [2.45, 2.75) is 44.7 Å². The van der Waals surface area contributed by atoms with Gasteiger partial charge in [0.05, 0.1) is 11.9 Å². The molecular formula is C26H27N3O2. The zero-order valence-corrected chi connectivity index (χ0v) is 17.5. The Morgan fingerprint density at radius 2 is 1.48 bits per heavy atom. The fraction of sp³-hybridized carbons (Fsp3) is 0.423. The van der Waals surface area contributed by atoms with Gasteiger partial charge in [-0.05, 0) is 67.4 Å². The van der Waals surface area contributed by atoms with Crippen LogP contribution in [0, 0.1) is 23.7 Å². The Hall–Kier alpha value is -2.95. The fourth-order valence-electron chi connectivity index (χ4n) is 6.65. The van der Waals surface area contributed by atoms with Crippen LogP contribution in [0.5, 0.6) is 0 Å². The number of nitrogens with one attached hydrogen (secondary N) is 1. The highest BCUT2D eigenvalue weighted by Gasteiger charge is 2.48. The van der Waals surface area contributed by atoms with Gasteiger partial charge < -0.3 is 5.32 Å². The van der Waals surface area contributed by atoms with Crippen LogP contribution in [0.1, 0.15) is 48.2 Å². The van der Waals surface area contributed by atoms with Gasteiger partial charge in [0.15, 0.2) is 5.69 Å².